The highest BCUT2D eigenvalue weighted by atomic mass is 19.4. The molecule has 0 bridgehead atoms. The van der Waals surface area contributed by atoms with Crippen LogP contribution in [-0.4, -0.2) is 47.4 Å². The molecule has 0 spiro atoms. The highest BCUT2D eigenvalue weighted by Gasteiger charge is 2.36. The quantitative estimate of drug-likeness (QED) is 0.773. The number of fused-ring (bicyclic) bond motifs is 1. The van der Waals surface area contributed by atoms with Crippen LogP contribution in [0.3, 0.4) is 0 Å². The van der Waals surface area contributed by atoms with E-state index in [0.29, 0.717) is 31.5 Å². The summed E-state index contributed by atoms with van der Waals surface area (Å²) in [5, 5.41) is 3.17. The van der Waals surface area contributed by atoms with Crippen LogP contribution in [0, 0.1) is 0 Å². The first-order chi connectivity index (χ1) is 14.4. The average Bonchev–Trinajstić information content (AvgIpc) is 3.12. The summed E-state index contributed by atoms with van der Waals surface area (Å²) in [4.78, 5) is 32.0. The molecule has 2 aromatic rings. The second kappa shape index (κ2) is 7.97. The number of nitrogens with one attached hydrogen (secondary N) is 1. The van der Waals surface area contributed by atoms with Crippen LogP contribution >= 0.6 is 0 Å². The third kappa shape index (κ3) is 3.96. The van der Waals surface area contributed by atoms with Gasteiger partial charge >= 0.3 is 6.18 Å². The number of hydrogen-bond donors (Lipinski definition) is 1. The topological polar surface area (TPSA) is 65.5 Å². The Hall–Kier alpha value is -3.10. The molecular formula is C21H21F3N4O2. The van der Waals surface area contributed by atoms with Crippen LogP contribution in [0.1, 0.15) is 24.0 Å². The molecule has 0 saturated carbocycles. The first-order valence-corrected chi connectivity index (χ1v) is 9.75. The Bertz CT molecular complexity index is 925. The summed E-state index contributed by atoms with van der Waals surface area (Å²) in [6, 6.07) is 6.62. The Labute approximate surface area is 171 Å². The van der Waals surface area contributed by atoms with Gasteiger partial charge in [-0.25, -0.2) is 0 Å². The monoisotopic (exact) mass is 418 g/mol. The van der Waals surface area contributed by atoms with Crippen LogP contribution in [0.15, 0.2) is 42.7 Å². The van der Waals surface area contributed by atoms with E-state index in [2.05, 4.69) is 10.3 Å². The summed E-state index contributed by atoms with van der Waals surface area (Å²) in [5.41, 5.74) is 1.57. The first-order valence-electron chi connectivity index (χ1n) is 9.75. The zero-order valence-corrected chi connectivity index (χ0v) is 16.1. The Morgan fingerprint density at radius 3 is 2.50 bits per heavy atom. The lowest BCUT2D eigenvalue weighted by atomic mass is 10.0. The summed E-state index contributed by atoms with van der Waals surface area (Å²) in [6.45, 7) is 1.06. The van der Waals surface area contributed by atoms with Gasteiger partial charge in [0.25, 0.3) is 0 Å². The molecule has 30 heavy (non-hydrogen) atoms. The molecule has 0 radical (unpaired) electrons. The van der Waals surface area contributed by atoms with Gasteiger partial charge in [-0.3, -0.25) is 14.6 Å². The summed E-state index contributed by atoms with van der Waals surface area (Å²) in [5.74, 6) is -0.109. The number of aldehydes is 1. The predicted molar refractivity (Wildman–Crippen MR) is 105 cm³/mol. The number of aromatic nitrogens is 1. The molecule has 2 aliphatic rings. The van der Waals surface area contributed by atoms with E-state index in [1.807, 2.05) is 11.0 Å². The van der Waals surface area contributed by atoms with Crippen molar-refractivity contribution in [2.24, 2.45) is 0 Å². The van der Waals surface area contributed by atoms with Gasteiger partial charge in [-0.15, -0.1) is 0 Å². The van der Waals surface area contributed by atoms with Gasteiger partial charge in [0.05, 0.1) is 29.6 Å². The van der Waals surface area contributed by atoms with E-state index < -0.39 is 17.9 Å². The van der Waals surface area contributed by atoms with Crippen molar-refractivity contribution in [2.75, 3.05) is 23.3 Å². The summed E-state index contributed by atoms with van der Waals surface area (Å²) < 4.78 is 38.0. The fourth-order valence-corrected chi connectivity index (χ4v) is 4.11. The Morgan fingerprint density at radius 1 is 1.17 bits per heavy atom. The molecule has 3 heterocycles. The Balaban J connectivity index is 1.36. The standard InChI is InChI=1S/C21H21F3N4O2/c22-21(23,24)15-3-1-14(2-4-15)11-20(30)27-9-6-16(7-10-27)28-18-12-25-8-5-17(18)26-19(28)13-29/h1-5,8,12-13,16,19,26H,6-7,9-11H2. The summed E-state index contributed by atoms with van der Waals surface area (Å²) in [7, 11) is 0. The highest BCUT2D eigenvalue weighted by molar-refractivity contribution is 5.84. The van der Waals surface area contributed by atoms with Crippen molar-refractivity contribution in [3.05, 3.63) is 53.9 Å². The van der Waals surface area contributed by atoms with E-state index in [1.54, 1.807) is 17.3 Å². The van der Waals surface area contributed by atoms with Gasteiger partial charge in [-0.1, -0.05) is 12.1 Å². The van der Waals surface area contributed by atoms with E-state index in [0.717, 1.165) is 29.8 Å². The zero-order valence-electron chi connectivity index (χ0n) is 16.1. The summed E-state index contributed by atoms with van der Waals surface area (Å²) >= 11 is 0. The second-order valence-corrected chi connectivity index (χ2v) is 7.51. The number of hydrogen-bond acceptors (Lipinski definition) is 5. The van der Waals surface area contributed by atoms with E-state index in [1.165, 1.54) is 12.1 Å². The molecule has 4 rings (SSSR count). The number of likely N-dealkylation sites (tertiary alicyclic amines) is 1. The minimum atomic E-state index is -4.39. The third-order valence-corrected chi connectivity index (χ3v) is 5.66. The van der Waals surface area contributed by atoms with Crippen LogP contribution in [0.5, 0.6) is 0 Å². The number of carbonyl (C=O) groups excluding carboxylic acids is 2. The number of benzene rings is 1. The molecule has 6 nitrogen and oxygen atoms in total. The number of anilines is 2. The van der Waals surface area contributed by atoms with Crippen molar-refractivity contribution in [2.45, 2.75) is 37.6 Å². The van der Waals surface area contributed by atoms with Crippen molar-refractivity contribution in [3.63, 3.8) is 0 Å². The molecule has 1 unspecified atom stereocenters. The van der Waals surface area contributed by atoms with Gasteiger partial charge in [0, 0.05) is 25.3 Å². The Kier molecular flexibility index (Phi) is 5.36. The minimum Gasteiger partial charge on any atom is -0.358 e. The maximum absolute atomic E-state index is 12.7. The van der Waals surface area contributed by atoms with Gasteiger partial charge in [-0.2, -0.15) is 13.2 Å². The lowest BCUT2D eigenvalue weighted by Gasteiger charge is -2.39. The van der Waals surface area contributed by atoms with Gasteiger partial charge < -0.3 is 15.1 Å². The molecule has 9 heteroatoms. The number of pyridine rings is 1. The van der Waals surface area contributed by atoms with Gasteiger partial charge in [0.15, 0.2) is 12.5 Å². The second-order valence-electron chi connectivity index (χ2n) is 7.51. The van der Waals surface area contributed by atoms with Gasteiger partial charge in [0.1, 0.15) is 0 Å². The molecule has 1 amide bonds. The number of halogens is 3. The number of rotatable bonds is 4. The molecule has 1 aromatic carbocycles. The Morgan fingerprint density at radius 2 is 1.87 bits per heavy atom. The van der Waals surface area contributed by atoms with Gasteiger partial charge in [-0.05, 0) is 36.6 Å². The number of nitrogens with zero attached hydrogens (tertiary/aromatic N) is 3. The van der Waals surface area contributed by atoms with Crippen LogP contribution < -0.4 is 10.2 Å². The SMILES string of the molecule is O=CC1Nc2ccncc2N1C1CCN(C(=O)Cc2ccc(C(F)(F)F)cc2)CC1. The maximum atomic E-state index is 12.7. The molecule has 1 aromatic heterocycles. The van der Waals surface area contributed by atoms with Crippen molar-refractivity contribution in [1.82, 2.24) is 9.88 Å². The van der Waals surface area contributed by atoms with E-state index in [4.69, 9.17) is 0 Å². The first kappa shape index (κ1) is 20.2. The van der Waals surface area contributed by atoms with Crippen LogP contribution in [-0.2, 0) is 22.2 Å². The number of amides is 1. The van der Waals surface area contributed by atoms with Crippen molar-refractivity contribution in [3.8, 4) is 0 Å². The number of alkyl halides is 3. The molecule has 0 aliphatic carbocycles. The van der Waals surface area contributed by atoms with Crippen molar-refractivity contribution in [1.29, 1.82) is 0 Å². The van der Waals surface area contributed by atoms with E-state index in [-0.39, 0.29) is 18.4 Å². The normalized spacial score (nSPS) is 19.4. The average molecular weight is 418 g/mol. The van der Waals surface area contributed by atoms with Crippen molar-refractivity contribution >= 4 is 23.6 Å². The fraction of sp³-hybridized carbons (Fsp3) is 0.381. The fourth-order valence-electron chi connectivity index (χ4n) is 4.11. The van der Waals surface area contributed by atoms with Crippen LogP contribution in [0.4, 0.5) is 24.5 Å². The minimum absolute atomic E-state index is 0.0673. The molecule has 1 saturated heterocycles. The molecule has 1 fully saturated rings. The van der Waals surface area contributed by atoms with Crippen LogP contribution in [0.2, 0.25) is 0 Å². The molecule has 158 valence electrons. The molecule has 1 atom stereocenters. The summed E-state index contributed by atoms with van der Waals surface area (Å²) in [6.07, 6.45) is 0.873. The smallest absolute Gasteiger partial charge is 0.358 e. The zero-order chi connectivity index (χ0) is 21.3. The van der Waals surface area contributed by atoms with Crippen LogP contribution in [0.25, 0.3) is 0 Å². The largest absolute Gasteiger partial charge is 0.416 e. The van der Waals surface area contributed by atoms with E-state index >= 15 is 0 Å². The molecule has 2 aliphatic heterocycles. The number of carbonyl (C=O) groups is 2. The highest BCUT2D eigenvalue weighted by Crippen LogP contribution is 2.37. The predicted octanol–water partition coefficient (Wildman–Crippen LogP) is 3.09. The van der Waals surface area contributed by atoms with Crippen molar-refractivity contribution < 1.29 is 22.8 Å². The third-order valence-electron chi connectivity index (χ3n) is 5.66. The lowest BCUT2D eigenvalue weighted by Crippen LogP contribution is -2.51. The molecule has 1 N–H and O–H groups in total. The lowest BCUT2D eigenvalue weighted by molar-refractivity contribution is -0.137. The maximum Gasteiger partial charge on any atom is 0.416 e. The number of piperidine rings is 1. The molecular weight excluding hydrogens is 397 g/mol. The van der Waals surface area contributed by atoms with Gasteiger partial charge in [0.2, 0.25) is 5.91 Å². The van der Waals surface area contributed by atoms with E-state index in [9.17, 15) is 22.8 Å².